The van der Waals surface area contributed by atoms with Crippen LogP contribution in [0.5, 0.6) is 0 Å². The molecule has 6 nitrogen and oxygen atoms in total. The van der Waals surface area contributed by atoms with Crippen LogP contribution in [0.2, 0.25) is 0 Å². The van der Waals surface area contributed by atoms with Crippen molar-refractivity contribution in [1.29, 1.82) is 0 Å². The Labute approximate surface area is 116 Å². The SMILES string of the molecule is Nc1ccc(N2CCN(c3ncc(F)cn3)CC2)nc1. The maximum Gasteiger partial charge on any atom is 0.225 e. The second kappa shape index (κ2) is 5.28. The zero-order valence-electron chi connectivity index (χ0n) is 10.9. The van der Waals surface area contributed by atoms with Crippen molar-refractivity contribution < 1.29 is 4.39 Å². The molecule has 104 valence electrons. The van der Waals surface area contributed by atoms with Gasteiger partial charge in [-0.3, -0.25) is 0 Å². The highest BCUT2D eigenvalue weighted by molar-refractivity contribution is 5.47. The lowest BCUT2D eigenvalue weighted by atomic mass is 10.3. The van der Waals surface area contributed by atoms with Gasteiger partial charge in [0.25, 0.3) is 0 Å². The summed E-state index contributed by atoms with van der Waals surface area (Å²) in [7, 11) is 0. The summed E-state index contributed by atoms with van der Waals surface area (Å²) in [6.07, 6.45) is 4.04. The van der Waals surface area contributed by atoms with Gasteiger partial charge in [-0.1, -0.05) is 0 Å². The van der Waals surface area contributed by atoms with E-state index in [0.717, 1.165) is 32.0 Å². The van der Waals surface area contributed by atoms with Gasteiger partial charge in [-0.25, -0.2) is 19.3 Å². The molecule has 20 heavy (non-hydrogen) atoms. The third kappa shape index (κ3) is 2.61. The second-order valence-electron chi connectivity index (χ2n) is 4.63. The highest BCUT2D eigenvalue weighted by Crippen LogP contribution is 2.16. The van der Waals surface area contributed by atoms with Gasteiger partial charge < -0.3 is 15.5 Å². The molecule has 0 saturated carbocycles. The molecule has 0 unspecified atom stereocenters. The molecule has 0 bridgehead atoms. The fourth-order valence-electron chi connectivity index (χ4n) is 2.19. The van der Waals surface area contributed by atoms with E-state index >= 15 is 0 Å². The summed E-state index contributed by atoms with van der Waals surface area (Å²) < 4.78 is 12.8. The average Bonchev–Trinajstić information content (AvgIpc) is 2.49. The molecule has 3 heterocycles. The Morgan fingerprint density at radius 2 is 1.55 bits per heavy atom. The minimum Gasteiger partial charge on any atom is -0.397 e. The molecular formula is C13H15FN6. The smallest absolute Gasteiger partial charge is 0.225 e. The first-order chi connectivity index (χ1) is 9.72. The topological polar surface area (TPSA) is 71.2 Å². The summed E-state index contributed by atoms with van der Waals surface area (Å²) in [5.41, 5.74) is 6.29. The summed E-state index contributed by atoms with van der Waals surface area (Å²) in [6, 6.07) is 3.76. The standard InChI is InChI=1S/C13H15FN6/c14-10-7-17-13(18-8-10)20-5-3-19(4-6-20)12-2-1-11(15)9-16-12/h1-2,7-9H,3-6,15H2. The van der Waals surface area contributed by atoms with Gasteiger partial charge >= 0.3 is 0 Å². The molecule has 0 amide bonds. The van der Waals surface area contributed by atoms with E-state index in [1.165, 1.54) is 12.4 Å². The number of nitrogens with zero attached hydrogens (tertiary/aromatic N) is 5. The fraction of sp³-hybridized carbons (Fsp3) is 0.308. The van der Waals surface area contributed by atoms with Crippen molar-refractivity contribution in [3.8, 4) is 0 Å². The molecule has 0 spiro atoms. The zero-order valence-corrected chi connectivity index (χ0v) is 10.9. The van der Waals surface area contributed by atoms with Crippen LogP contribution in [0.25, 0.3) is 0 Å². The van der Waals surface area contributed by atoms with Gasteiger partial charge in [-0.05, 0) is 12.1 Å². The van der Waals surface area contributed by atoms with Gasteiger partial charge in [0.05, 0.1) is 24.3 Å². The van der Waals surface area contributed by atoms with Gasteiger partial charge in [0.2, 0.25) is 5.95 Å². The number of nitrogen functional groups attached to an aromatic ring is 1. The first kappa shape index (κ1) is 12.6. The van der Waals surface area contributed by atoms with Crippen molar-refractivity contribution >= 4 is 17.5 Å². The Balaban J connectivity index is 1.64. The Morgan fingerprint density at radius 1 is 0.900 bits per heavy atom. The normalized spacial score (nSPS) is 15.4. The maximum absolute atomic E-state index is 12.8. The molecule has 0 aliphatic carbocycles. The van der Waals surface area contributed by atoms with Crippen LogP contribution in [0.1, 0.15) is 0 Å². The lowest BCUT2D eigenvalue weighted by Gasteiger charge is -2.35. The van der Waals surface area contributed by atoms with Crippen molar-refractivity contribution in [3.63, 3.8) is 0 Å². The van der Waals surface area contributed by atoms with E-state index in [-0.39, 0.29) is 0 Å². The lowest BCUT2D eigenvalue weighted by Crippen LogP contribution is -2.47. The summed E-state index contributed by atoms with van der Waals surface area (Å²) in [4.78, 5) is 16.5. The average molecular weight is 274 g/mol. The number of hydrogen-bond donors (Lipinski definition) is 1. The second-order valence-corrected chi connectivity index (χ2v) is 4.63. The van der Waals surface area contributed by atoms with E-state index in [0.29, 0.717) is 11.6 Å². The van der Waals surface area contributed by atoms with E-state index in [1.807, 2.05) is 17.0 Å². The number of piperazine rings is 1. The van der Waals surface area contributed by atoms with Crippen molar-refractivity contribution in [2.75, 3.05) is 41.7 Å². The van der Waals surface area contributed by atoms with Crippen molar-refractivity contribution in [2.24, 2.45) is 0 Å². The van der Waals surface area contributed by atoms with Crippen LogP contribution in [-0.2, 0) is 0 Å². The van der Waals surface area contributed by atoms with Crippen LogP contribution in [0.4, 0.5) is 21.8 Å². The fourth-order valence-corrected chi connectivity index (χ4v) is 2.19. The van der Waals surface area contributed by atoms with E-state index in [1.54, 1.807) is 6.20 Å². The van der Waals surface area contributed by atoms with Gasteiger partial charge in [-0.2, -0.15) is 0 Å². The van der Waals surface area contributed by atoms with Crippen LogP contribution in [0, 0.1) is 5.82 Å². The monoisotopic (exact) mass is 274 g/mol. The number of rotatable bonds is 2. The molecule has 1 aliphatic heterocycles. The third-order valence-corrected chi connectivity index (χ3v) is 3.26. The summed E-state index contributed by atoms with van der Waals surface area (Å²) >= 11 is 0. The number of anilines is 3. The maximum atomic E-state index is 12.8. The highest BCUT2D eigenvalue weighted by atomic mass is 19.1. The summed E-state index contributed by atoms with van der Waals surface area (Å²) in [5, 5.41) is 0. The largest absolute Gasteiger partial charge is 0.397 e. The summed E-state index contributed by atoms with van der Waals surface area (Å²) in [6.45, 7) is 3.19. The molecule has 2 aromatic rings. The van der Waals surface area contributed by atoms with E-state index in [4.69, 9.17) is 5.73 Å². The van der Waals surface area contributed by atoms with Crippen LogP contribution in [0.15, 0.2) is 30.7 Å². The predicted octanol–water partition coefficient (Wildman–Crippen LogP) is 0.919. The highest BCUT2D eigenvalue weighted by Gasteiger charge is 2.19. The third-order valence-electron chi connectivity index (χ3n) is 3.26. The number of aromatic nitrogens is 3. The molecule has 7 heteroatoms. The first-order valence-corrected chi connectivity index (χ1v) is 6.41. The zero-order chi connectivity index (χ0) is 13.9. The van der Waals surface area contributed by atoms with Gasteiger partial charge in [-0.15, -0.1) is 0 Å². The minimum atomic E-state index is -0.418. The minimum absolute atomic E-state index is 0.418. The molecule has 0 radical (unpaired) electrons. The number of nitrogens with two attached hydrogens (primary N) is 1. The van der Waals surface area contributed by atoms with Crippen LogP contribution < -0.4 is 15.5 Å². The van der Waals surface area contributed by atoms with Gasteiger partial charge in [0.15, 0.2) is 5.82 Å². The van der Waals surface area contributed by atoms with Crippen LogP contribution >= 0.6 is 0 Å². The lowest BCUT2D eigenvalue weighted by molar-refractivity contribution is 0.601. The van der Waals surface area contributed by atoms with Crippen molar-refractivity contribution in [3.05, 3.63) is 36.5 Å². The Morgan fingerprint density at radius 3 is 2.15 bits per heavy atom. The molecule has 2 N–H and O–H groups in total. The van der Waals surface area contributed by atoms with Crippen LogP contribution in [0.3, 0.4) is 0 Å². The molecule has 2 aromatic heterocycles. The quantitative estimate of drug-likeness (QED) is 0.878. The van der Waals surface area contributed by atoms with Crippen molar-refractivity contribution in [2.45, 2.75) is 0 Å². The molecule has 3 rings (SSSR count). The molecular weight excluding hydrogens is 259 g/mol. The van der Waals surface area contributed by atoms with E-state index in [2.05, 4.69) is 19.9 Å². The van der Waals surface area contributed by atoms with E-state index < -0.39 is 5.82 Å². The Bertz CT molecular complexity index is 509. The van der Waals surface area contributed by atoms with Crippen molar-refractivity contribution in [1.82, 2.24) is 15.0 Å². The summed E-state index contributed by atoms with van der Waals surface area (Å²) in [5.74, 6) is 1.06. The molecule has 1 aliphatic rings. The van der Waals surface area contributed by atoms with Crippen LogP contribution in [-0.4, -0.2) is 41.1 Å². The molecule has 1 fully saturated rings. The Hall–Kier alpha value is -2.44. The molecule has 0 atom stereocenters. The van der Waals surface area contributed by atoms with E-state index in [9.17, 15) is 4.39 Å². The molecule has 0 aromatic carbocycles. The van der Waals surface area contributed by atoms with Gasteiger partial charge in [0, 0.05) is 26.2 Å². The predicted molar refractivity (Wildman–Crippen MR) is 75.1 cm³/mol. The Kier molecular flexibility index (Phi) is 3.32. The van der Waals surface area contributed by atoms with Gasteiger partial charge in [0.1, 0.15) is 5.82 Å². The first-order valence-electron chi connectivity index (χ1n) is 6.41. The number of halogens is 1. The number of pyridine rings is 1. The number of hydrogen-bond acceptors (Lipinski definition) is 6. The molecule has 1 saturated heterocycles.